The smallest absolute Gasteiger partial charge is 0.142 e. The molecule has 0 aromatic rings. The Morgan fingerprint density at radius 1 is 1.15 bits per heavy atom. The first kappa shape index (κ1) is 18.7. The fourth-order valence-electron chi connectivity index (χ4n) is 7.32. The van der Waals surface area contributed by atoms with Crippen LogP contribution in [-0.2, 0) is 4.84 Å². The number of alkyl halides is 1. The van der Waals surface area contributed by atoms with Crippen LogP contribution >= 0.6 is 0 Å². The molecule has 4 nitrogen and oxygen atoms in total. The summed E-state index contributed by atoms with van der Waals surface area (Å²) in [4.78, 5) is 5.19. The van der Waals surface area contributed by atoms with Gasteiger partial charge in [0.25, 0.3) is 0 Å². The van der Waals surface area contributed by atoms with Crippen LogP contribution in [0.15, 0.2) is 5.16 Å². The monoisotopic (exact) mass is 366 g/mol. The largest absolute Gasteiger partial charge is 0.394 e. The fraction of sp³-hybridized carbons (Fsp3) is 0.952. The van der Waals surface area contributed by atoms with Gasteiger partial charge in [0.1, 0.15) is 12.8 Å². The highest BCUT2D eigenvalue weighted by Gasteiger charge is 2.60. The zero-order valence-electron chi connectivity index (χ0n) is 16.3. The van der Waals surface area contributed by atoms with Gasteiger partial charge in [-0.1, -0.05) is 19.0 Å². The van der Waals surface area contributed by atoms with E-state index in [0.29, 0.717) is 49.0 Å². The molecule has 0 spiro atoms. The van der Waals surface area contributed by atoms with Crippen molar-refractivity contribution < 1.29 is 14.3 Å². The van der Waals surface area contributed by atoms with Crippen LogP contribution in [-0.4, -0.2) is 36.2 Å². The number of rotatable bonds is 3. The number of nitrogens with two attached hydrogens (primary N) is 1. The number of nitrogens with zero attached hydrogens (tertiary/aromatic N) is 1. The number of hydrogen-bond acceptors (Lipinski definition) is 4. The van der Waals surface area contributed by atoms with Crippen LogP contribution in [0, 0.1) is 34.5 Å². The minimum absolute atomic E-state index is 0.0596. The van der Waals surface area contributed by atoms with Crippen molar-refractivity contribution >= 4 is 5.71 Å². The van der Waals surface area contributed by atoms with Crippen LogP contribution in [0.4, 0.5) is 4.39 Å². The summed E-state index contributed by atoms with van der Waals surface area (Å²) in [5, 5.41) is 14.6. The Kier molecular flexibility index (Phi) is 4.84. The van der Waals surface area contributed by atoms with E-state index in [4.69, 9.17) is 10.6 Å². The van der Waals surface area contributed by atoms with Crippen molar-refractivity contribution in [3.63, 3.8) is 0 Å². The Morgan fingerprint density at radius 2 is 1.92 bits per heavy atom. The van der Waals surface area contributed by atoms with E-state index in [1.165, 1.54) is 6.42 Å². The van der Waals surface area contributed by atoms with E-state index in [9.17, 15) is 9.50 Å². The predicted molar refractivity (Wildman–Crippen MR) is 100 cm³/mol. The summed E-state index contributed by atoms with van der Waals surface area (Å²) in [6.45, 7) is 5.40. The first-order chi connectivity index (χ1) is 12.4. The second-order valence-corrected chi connectivity index (χ2v) is 9.87. The average Bonchev–Trinajstić information content (AvgIpc) is 2.91. The van der Waals surface area contributed by atoms with Crippen LogP contribution in [0.25, 0.3) is 0 Å². The van der Waals surface area contributed by atoms with E-state index < -0.39 is 6.17 Å². The molecule has 26 heavy (non-hydrogen) atoms. The van der Waals surface area contributed by atoms with Crippen LogP contribution < -0.4 is 5.73 Å². The molecule has 8 atom stereocenters. The number of aliphatic hydroxyl groups is 1. The Hall–Kier alpha value is -0.680. The molecule has 4 rings (SSSR count). The van der Waals surface area contributed by atoms with Gasteiger partial charge >= 0.3 is 0 Å². The van der Waals surface area contributed by atoms with E-state index in [1.54, 1.807) is 0 Å². The van der Waals surface area contributed by atoms with Crippen molar-refractivity contribution in [2.45, 2.75) is 77.5 Å². The first-order valence-electron chi connectivity index (χ1n) is 10.6. The summed E-state index contributed by atoms with van der Waals surface area (Å²) in [6, 6.07) is 0. The maximum Gasteiger partial charge on any atom is 0.142 e. The third-order valence-electron chi connectivity index (χ3n) is 8.84. The highest BCUT2D eigenvalue weighted by molar-refractivity contribution is 5.89. The van der Waals surface area contributed by atoms with Gasteiger partial charge in [-0.05, 0) is 85.9 Å². The Bertz CT molecular complexity index is 570. The molecular formula is C21H35FN2O2. The lowest BCUT2D eigenvalue weighted by Gasteiger charge is -2.60. The van der Waals surface area contributed by atoms with Crippen molar-refractivity contribution in [1.29, 1.82) is 0 Å². The summed E-state index contributed by atoms with van der Waals surface area (Å²) in [5.74, 6) is 2.38. The van der Waals surface area contributed by atoms with Gasteiger partial charge in [-0.25, -0.2) is 4.39 Å². The number of hydrogen-bond donors (Lipinski definition) is 2. The molecule has 0 radical (unpaired) electrons. The fourth-order valence-corrected chi connectivity index (χ4v) is 7.32. The van der Waals surface area contributed by atoms with Crippen LogP contribution in [0.3, 0.4) is 0 Å². The van der Waals surface area contributed by atoms with E-state index in [-0.39, 0.29) is 16.9 Å². The Balaban J connectivity index is 1.54. The molecule has 0 aromatic carbocycles. The summed E-state index contributed by atoms with van der Waals surface area (Å²) < 4.78 is 15.0. The normalized spacial score (nSPS) is 52.3. The zero-order chi connectivity index (χ0) is 18.5. The van der Waals surface area contributed by atoms with Crippen LogP contribution in [0.2, 0.25) is 0 Å². The lowest BCUT2D eigenvalue weighted by atomic mass is 9.45. The molecule has 4 fully saturated rings. The number of fused-ring (bicyclic) bond motifs is 5. The SMILES string of the molecule is C[C@]12CC[C@H]3[C@@H](CCC4CC(=NOCCN)[C@H](F)C[C@@]43C)[C@@H]1CC[C@@H]2O. The highest BCUT2D eigenvalue weighted by Crippen LogP contribution is 2.66. The number of oxime groups is 1. The van der Waals surface area contributed by atoms with Gasteiger partial charge in [0.05, 0.1) is 11.8 Å². The quantitative estimate of drug-likeness (QED) is 0.591. The third-order valence-corrected chi connectivity index (χ3v) is 8.84. The van der Waals surface area contributed by atoms with E-state index in [0.717, 1.165) is 38.5 Å². The van der Waals surface area contributed by atoms with Crippen molar-refractivity contribution in [2.24, 2.45) is 45.4 Å². The lowest BCUT2D eigenvalue weighted by Crippen LogP contribution is -2.55. The molecule has 3 N–H and O–H groups in total. The third kappa shape index (κ3) is 2.72. The van der Waals surface area contributed by atoms with Crippen molar-refractivity contribution in [3.8, 4) is 0 Å². The molecule has 0 aliphatic heterocycles. The summed E-state index contributed by atoms with van der Waals surface area (Å²) in [6.07, 6.45) is 6.90. The predicted octanol–water partition coefficient (Wildman–Crippen LogP) is 3.67. The molecule has 4 saturated carbocycles. The highest BCUT2D eigenvalue weighted by atomic mass is 19.1. The molecule has 1 unspecified atom stereocenters. The van der Waals surface area contributed by atoms with Gasteiger partial charge in [0.15, 0.2) is 0 Å². The van der Waals surface area contributed by atoms with Crippen molar-refractivity contribution in [1.82, 2.24) is 0 Å². The maximum absolute atomic E-state index is 15.0. The molecule has 0 aromatic heterocycles. The zero-order valence-corrected chi connectivity index (χ0v) is 16.3. The van der Waals surface area contributed by atoms with Gasteiger partial charge < -0.3 is 15.7 Å². The minimum atomic E-state index is -0.991. The maximum atomic E-state index is 15.0. The molecule has 0 saturated heterocycles. The van der Waals surface area contributed by atoms with Crippen molar-refractivity contribution in [2.75, 3.05) is 13.2 Å². The molecular weight excluding hydrogens is 331 g/mol. The molecule has 5 heteroatoms. The number of aliphatic hydroxyl groups excluding tert-OH is 1. The average molecular weight is 367 g/mol. The summed E-state index contributed by atoms with van der Waals surface area (Å²) in [7, 11) is 0. The second kappa shape index (κ2) is 6.73. The van der Waals surface area contributed by atoms with Crippen LogP contribution in [0.5, 0.6) is 0 Å². The first-order valence-corrected chi connectivity index (χ1v) is 10.6. The lowest BCUT2D eigenvalue weighted by molar-refractivity contribution is -0.118. The Morgan fingerprint density at radius 3 is 2.69 bits per heavy atom. The summed E-state index contributed by atoms with van der Waals surface area (Å²) >= 11 is 0. The van der Waals surface area contributed by atoms with Gasteiger partial charge in [-0.2, -0.15) is 0 Å². The van der Waals surface area contributed by atoms with Gasteiger partial charge in [-0.3, -0.25) is 0 Å². The van der Waals surface area contributed by atoms with E-state index in [2.05, 4.69) is 19.0 Å². The van der Waals surface area contributed by atoms with Crippen LogP contribution in [0.1, 0.15) is 65.2 Å². The second-order valence-electron chi connectivity index (χ2n) is 9.87. The summed E-state index contributed by atoms with van der Waals surface area (Å²) in [5.41, 5.74) is 6.18. The molecule has 0 bridgehead atoms. The molecule has 4 aliphatic carbocycles. The molecule has 148 valence electrons. The molecule has 0 heterocycles. The molecule has 4 aliphatic rings. The van der Waals surface area contributed by atoms with Gasteiger partial charge in [0.2, 0.25) is 0 Å². The van der Waals surface area contributed by atoms with Gasteiger partial charge in [-0.15, -0.1) is 0 Å². The topological polar surface area (TPSA) is 67.8 Å². The molecule has 0 amide bonds. The number of halogens is 1. The minimum Gasteiger partial charge on any atom is -0.394 e. The van der Waals surface area contributed by atoms with Gasteiger partial charge in [0, 0.05) is 6.54 Å². The van der Waals surface area contributed by atoms with Crippen molar-refractivity contribution in [3.05, 3.63) is 0 Å². The van der Waals surface area contributed by atoms with E-state index >= 15 is 0 Å². The van der Waals surface area contributed by atoms with E-state index in [1.807, 2.05) is 0 Å². The Labute approximate surface area is 156 Å². The standard InChI is InChI=1S/C21H35FN2O2/c1-20-8-7-16-14(15(20)5-6-19(20)25)4-3-13-11-18(24-26-10-9-23)17(22)12-21(13,16)2/h13-17,19,25H,3-12,23H2,1-2H3/t13?,14-,15-,16-,17+,19-,20-,21-/m0/s1.